The third kappa shape index (κ3) is 3.73. The average Bonchev–Trinajstić information content (AvgIpc) is 3.00. The Morgan fingerprint density at radius 1 is 0.931 bits per heavy atom. The van der Waals surface area contributed by atoms with Gasteiger partial charge in [0.1, 0.15) is 0 Å². The number of fused-ring (bicyclic) bond motifs is 5. The van der Waals surface area contributed by atoms with Crippen LogP contribution >= 0.6 is 0 Å². The first kappa shape index (κ1) is 22.1. The Balaban J connectivity index is 1.47. The summed E-state index contributed by atoms with van der Waals surface area (Å²) in [6.45, 7) is 12.6. The molecule has 4 aliphatic carbocycles. The normalized spacial score (nSPS) is 50.7. The van der Waals surface area contributed by atoms with Crippen LogP contribution in [-0.4, -0.2) is 17.3 Å². The molecular formula is C27H49NO. The van der Waals surface area contributed by atoms with Crippen LogP contribution in [0.5, 0.6) is 0 Å². The molecule has 10 atom stereocenters. The Labute approximate surface area is 180 Å². The monoisotopic (exact) mass is 403 g/mol. The number of nitrogens with two attached hydrogens (primary N) is 1. The van der Waals surface area contributed by atoms with Crippen molar-refractivity contribution in [1.29, 1.82) is 0 Å². The van der Waals surface area contributed by atoms with Crippen molar-refractivity contribution < 1.29 is 5.11 Å². The minimum Gasteiger partial charge on any atom is -0.392 e. The van der Waals surface area contributed by atoms with Gasteiger partial charge in [0.2, 0.25) is 0 Å². The highest BCUT2D eigenvalue weighted by Gasteiger charge is 2.61. The maximum Gasteiger partial charge on any atom is 0.0694 e. The standard InChI is InChI=1S/C27H49NO/c1-17(2)7-6-8-18(3)21-11-12-22-20-10-9-19-15-25(29)24(28)16-27(19,5)23(20)13-14-26(21,22)4/h17-25,29H,6-16,28H2,1-5H3/t18-,19?,20+,21-,22+,23+,24+,25?,26-,27+/m1/s1. The van der Waals surface area contributed by atoms with Crippen molar-refractivity contribution in [2.24, 2.45) is 58.0 Å². The number of aliphatic hydroxyl groups excluding tert-OH is 1. The van der Waals surface area contributed by atoms with Crippen LogP contribution in [0.2, 0.25) is 0 Å². The van der Waals surface area contributed by atoms with Gasteiger partial charge in [-0.1, -0.05) is 53.9 Å². The molecule has 0 saturated heterocycles. The summed E-state index contributed by atoms with van der Waals surface area (Å²) in [5.74, 6) is 6.11. The summed E-state index contributed by atoms with van der Waals surface area (Å²) >= 11 is 0. The zero-order valence-electron chi connectivity index (χ0n) is 20.0. The zero-order valence-corrected chi connectivity index (χ0v) is 20.0. The van der Waals surface area contributed by atoms with Gasteiger partial charge in [-0.25, -0.2) is 0 Å². The Hall–Kier alpha value is -0.0800. The minimum atomic E-state index is -0.263. The van der Waals surface area contributed by atoms with E-state index in [1.54, 1.807) is 0 Å². The molecule has 3 N–H and O–H groups in total. The van der Waals surface area contributed by atoms with Crippen LogP contribution in [0.4, 0.5) is 0 Å². The summed E-state index contributed by atoms with van der Waals surface area (Å²) in [6, 6.07) is 0.000571. The van der Waals surface area contributed by atoms with Crippen LogP contribution < -0.4 is 5.73 Å². The zero-order chi connectivity index (χ0) is 21.0. The van der Waals surface area contributed by atoms with Gasteiger partial charge in [0.05, 0.1) is 6.10 Å². The molecule has 0 heterocycles. The molecule has 0 spiro atoms. The van der Waals surface area contributed by atoms with Gasteiger partial charge in [0.25, 0.3) is 0 Å². The second kappa shape index (κ2) is 8.12. The SMILES string of the molecule is CC(C)CCC[C@@H](C)[C@H]1CC[C@H]2[C@@H]3CCC4CC(O)[C@@H](N)C[C@]4(C)[C@H]3CC[C@]12C. The number of aliphatic hydroxyl groups is 1. The van der Waals surface area contributed by atoms with E-state index in [1.807, 2.05) is 0 Å². The van der Waals surface area contributed by atoms with E-state index in [0.717, 1.165) is 48.3 Å². The molecule has 0 aromatic heterocycles. The number of rotatable bonds is 5. The van der Waals surface area contributed by atoms with Crippen molar-refractivity contribution in [2.45, 2.75) is 117 Å². The fourth-order valence-corrected chi connectivity index (χ4v) is 9.37. The van der Waals surface area contributed by atoms with Crippen molar-refractivity contribution in [1.82, 2.24) is 0 Å². The van der Waals surface area contributed by atoms with Gasteiger partial charge in [0.15, 0.2) is 0 Å². The quantitative estimate of drug-likeness (QED) is 0.557. The highest BCUT2D eigenvalue weighted by molar-refractivity contribution is 5.10. The summed E-state index contributed by atoms with van der Waals surface area (Å²) in [5, 5.41) is 10.4. The van der Waals surface area contributed by atoms with Crippen LogP contribution in [-0.2, 0) is 0 Å². The smallest absolute Gasteiger partial charge is 0.0694 e. The molecule has 4 rings (SSSR count). The van der Waals surface area contributed by atoms with Crippen molar-refractivity contribution in [3.8, 4) is 0 Å². The van der Waals surface area contributed by atoms with Crippen molar-refractivity contribution in [3.63, 3.8) is 0 Å². The second-order valence-corrected chi connectivity index (χ2v) is 12.9. The van der Waals surface area contributed by atoms with E-state index in [4.69, 9.17) is 5.73 Å². The summed E-state index contributed by atoms with van der Waals surface area (Å²) < 4.78 is 0. The molecule has 0 radical (unpaired) electrons. The van der Waals surface area contributed by atoms with Crippen molar-refractivity contribution in [3.05, 3.63) is 0 Å². The predicted molar refractivity (Wildman–Crippen MR) is 122 cm³/mol. The third-order valence-corrected chi connectivity index (χ3v) is 11.0. The van der Waals surface area contributed by atoms with Gasteiger partial charge in [-0.15, -0.1) is 0 Å². The van der Waals surface area contributed by atoms with E-state index in [1.165, 1.54) is 57.8 Å². The van der Waals surface area contributed by atoms with E-state index in [-0.39, 0.29) is 12.1 Å². The highest BCUT2D eigenvalue weighted by atomic mass is 16.3. The van der Waals surface area contributed by atoms with Crippen LogP contribution in [0.3, 0.4) is 0 Å². The minimum absolute atomic E-state index is 0.000571. The molecule has 2 nitrogen and oxygen atoms in total. The molecule has 4 saturated carbocycles. The lowest BCUT2D eigenvalue weighted by atomic mass is 9.44. The van der Waals surface area contributed by atoms with E-state index >= 15 is 0 Å². The lowest BCUT2D eigenvalue weighted by molar-refractivity contribution is -0.133. The first-order chi connectivity index (χ1) is 13.7. The molecule has 0 aromatic carbocycles. The molecule has 0 aromatic rings. The molecule has 0 bridgehead atoms. The van der Waals surface area contributed by atoms with Gasteiger partial charge >= 0.3 is 0 Å². The summed E-state index contributed by atoms with van der Waals surface area (Å²) in [7, 11) is 0. The average molecular weight is 404 g/mol. The van der Waals surface area contributed by atoms with Crippen LogP contribution in [0.15, 0.2) is 0 Å². The largest absolute Gasteiger partial charge is 0.392 e. The molecule has 2 unspecified atom stereocenters. The van der Waals surface area contributed by atoms with Crippen LogP contribution in [0.1, 0.15) is 105 Å². The fourth-order valence-electron chi connectivity index (χ4n) is 9.37. The molecule has 168 valence electrons. The van der Waals surface area contributed by atoms with E-state index < -0.39 is 0 Å². The lowest BCUT2D eigenvalue weighted by Gasteiger charge is -2.62. The van der Waals surface area contributed by atoms with Gasteiger partial charge in [-0.2, -0.15) is 0 Å². The maximum atomic E-state index is 10.4. The molecule has 29 heavy (non-hydrogen) atoms. The predicted octanol–water partition coefficient (Wildman–Crippen LogP) is 6.41. The van der Waals surface area contributed by atoms with Crippen LogP contribution in [0, 0.1) is 52.3 Å². The van der Waals surface area contributed by atoms with Gasteiger partial charge in [-0.05, 0) is 104 Å². The van der Waals surface area contributed by atoms with Gasteiger partial charge in [-0.3, -0.25) is 0 Å². The molecule has 0 amide bonds. The number of hydrogen-bond donors (Lipinski definition) is 2. The molecule has 4 fully saturated rings. The summed E-state index contributed by atoms with van der Waals surface area (Å²) in [6.07, 6.45) is 14.6. The van der Waals surface area contributed by atoms with Gasteiger partial charge in [0, 0.05) is 6.04 Å². The molecule has 0 aliphatic heterocycles. The topological polar surface area (TPSA) is 46.2 Å². The Kier molecular flexibility index (Phi) is 6.19. The Bertz CT molecular complexity index is 575. The Morgan fingerprint density at radius 2 is 1.66 bits per heavy atom. The van der Waals surface area contributed by atoms with Crippen LogP contribution in [0.25, 0.3) is 0 Å². The second-order valence-electron chi connectivity index (χ2n) is 12.9. The summed E-state index contributed by atoms with van der Waals surface area (Å²) in [4.78, 5) is 0. The number of hydrogen-bond acceptors (Lipinski definition) is 2. The molecule has 2 heteroatoms. The van der Waals surface area contributed by atoms with Crippen molar-refractivity contribution >= 4 is 0 Å². The molecule has 4 aliphatic rings. The van der Waals surface area contributed by atoms with E-state index in [2.05, 4.69) is 34.6 Å². The molecular weight excluding hydrogens is 354 g/mol. The highest BCUT2D eigenvalue weighted by Crippen LogP contribution is 2.68. The Morgan fingerprint density at radius 3 is 2.38 bits per heavy atom. The first-order valence-corrected chi connectivity index (χ1v) is 13.1. The summed E-state index contributed by atoms with van der Waals surface area (Å²) in [5.41, 5.74) is 7.36. The van der Waals surface area contributed by atoms with E-state index in [9.17, 15) is 5.11 Å². The fraction of sp³-hybridized carbons (Fsp3) is 1.00. The van der Waals surface area contributed by atoms with Crippen molar-refractivity contribution in [2.75, 3.05) is 0 Å². The first-order valence-electron chi connectivity index (χ1n) is 13.1. The third-order valence-electron chi connectivity index (χ3n) is 11.0. The van der Waals surface area contributed by atoms with Gasteiger partial charge < -0.3 is 10.8 Å². The van der Waals surface area contributed by atoms with E-state index in [0.29, 0.717) is 16.7 Å². The lowest BCUT2D eigenvalue weighted by Crippen LogP contribution is -2.58. The maximum absolute atomic E-state index is 10.4.